The number of ether oxygens (including phenoxy) is 1. The molecule has 0 aliphatic carbocycles. The van der Waals surface area contributed by atoms with E-state index in [1.165, 1.54) is 11.3 Å². The smallest absolute Gasteiger partial charge is 0.274 e. The van der Waals surface area contributed by atoms with Gasteiger partial charge in [-0.05, 0) is 6.42 Å². The molecule has 0 bridgehead atoms. The molecule has 2 atom stereocenters. The summed E-state index contributed by atoms with van der Waals surface area (Å²) in [6.07, 6.45) is 4.33. The second-order valence-electron chi connectivity index (χ2n) is 4.70. The SMILES string of the molecule is CO[C@@H]1CN(C(=O)c2cn3ccsc3n2)CC[C@@H]1N. The summed E-state index contributed by atoms with van der Waals surface area (Å²) in [4.78, 5) is 19.3. The van der Waals surface area contributed by atoms with E-state index < -0.39 is 0 Å². The van der Waals surface area contributed by atoms with Crippen molar-refractivity contribution >= 4 is 22.2 Å². The molecule has 0 aromatic carbocycles. The monoisotopic (exact) mass is 280 g/mol. The van der Waals surface area contributed by atoms with Gasteiger partial charge in [-0.1, -0.05) is 0 Å². The summed E-state index contributed by atoms with van der Waals surface area (Å²) in [6.45, 7) is 1.19. The maximum Gasteiger partial charge on any atom is 0.274 e. The van der Waals surface area contributed by atoms with Gasteiger partial charge in [0.2, 0.25) is 0 Å². The summed E-state index contributed by atoms with van der Waals surface area (Å²) in [6, 6.07) is -0.000425. The summed E-state index contributed by atoms with van der Waals surface area (Å²) in [5.74, 6) is -0.0511. The lowest BCUT2D eigenvalue weighted by Crippen LogP contribution is -2.53. The Bertz CT molecular complexity index is 565. The molecule has 1 aliphatic heterocycles. The van der Waals surface area contributed by atoms with E-state index in [-0.39, 0.29) is 18.1 Å². The normalized spacial score (nSPS) is 24.0. The Morgan fingerprint density at radius 2 is 2.47 bits per heavy atom. The highest BCUT2D eigenvalue weighted by Gasteiger charge is 2.30. The number of piperidine rings is 1. The minimum atomic E-state index is -0.0959. The van der Waals surface area contributed by atoms with Crippen molar-refractivity contribution in [1.82, 2.24) is 14.3 Å². The van der Waals surface area contributed by atoms with Crippen LogP contribution < -0.4 is 5.73 Å². The number of hydrogen-bond donors (Lipinski definition) is 1. The molecule has 7 heteroatoms. The Labute approximate surface area is 114 Å². The van der Waals surface area contributed by atoms with Gasteiger partial charge in [0.15, 0.2) is 4.96 Å². The van der Waals surface area contributed by atoms with Gasteiger partial charge in [0, 0.05) is 44.0 Å². The number of thiazole rings is 1. The first-order valence-corrected chi connectivity index (χ1v) is 7.07. The van der Waals surface area contributed by atoms with E-state index in [0.717, 1.165) is 11.4 Å². The fourth-order valence-corrected chi connectivity index (χ4v) is 3.06. The first-order chi connectivity index (χ1) is 9.19. The minimum absolute atomic E-state index is 0.000425. The van der Waals surface area contributed by atoms with Crippen molar-refractivity contribution in [3.05, 3.63) is 23.5 Å². The molecule has 2 N–H and O–H groups in total. The van der Waals surface area contributed by atoms with E-state index in [9.17, 15) is 4.79 Å². The molecule has 6 nitrogen and oxygen atoms in total. The molecule has 1 fully saturated rings. The van der Waals surface area contributed by atoms with Gasteiger partial charge in [-0.25, -0.2) is 4.98 Å². The van der Waals surface area contributed by atoms with E-state index in [4.69, 9.17) is 10.5 Å². The van der Waals surface area contributed by atoms with Crippen LogP contribution in [0.5, 0.6) is 0 Å². The zero-order chi connectivity index (χ0) is 13.4. The number of carbonyl (C=O) groups is 1. The number of rotatable bonds is 2. The molecular weight excluding hydrogens is 264 g/mol. The first kappa shape index (κ1) is 12.6. The molecule has 2 aromatic heterocycles. The molecule has 0 unspecified atom stereocenters. The number of nitrogens with two attached hydrogens (primary N) is 1. The molecule has 0 radical (unpaired) electrons. The van der Waals surface area contributed by atoms with Crippen LogP contribution in [-0.4, -0.2) is 52.5 Å². The topological polar surface area (TPSA) is 72.9 Å². The number of imidazole rings is 1. The van der Waals surface area contributed by atoms with Gasteiger partial charge in [-0.2, -0.15) is 0 Å². The summed E-state index contributed by atoms with van der Waals surface area (Å²) >= 11 is 1.51. The maximum absolute atomic E-state index is 12.4. The second-order valence-corrected chi connectivity index (χ2v) is 5.57. The Balaban J connectivity index is 1.78. The van der Waals surface area contributed by atoms with Crippen molar-refractivity contribution in [2.24, 2.45) is 5.73 Å². The Morgan fingerprint density at radius 3 is 3.21 bits per heavy atom. The van der Waals surface area contributed by atoms with Crippen molar-refractivity contribution in [1.29, 1.82) is 0 Å². The van der Waals surface area contributed by atoms with Crippen molar-refractivity contribution in [2.75, 3.05) is 20.2 Å². The highest BCUT2D eigenvalue weighted by atomic mass is 32.1. The second kappa shape index (κ2) is 4.92. The highest BCUT2D eigenvalue weighted by Crippen LogP contribution is 2.17. The van der Waals surface area contributed by atoms with Gasteiger partial charge in [-0.15, -0.1) is 11.3 Å². The molecule has 3 heterocycles. The van der Waals surface area contributed by atoms with E-state index in [2.05, 4.69) is 4.98 Å². The predicted octanol–water partition coefficient (Wildman–Crippen LogP) is 0.584. The molecule has 102 valence electrons. The molecule has 19 heavy (non-hydrogen) atoms. The summed E-state index contributed by atoms with van der Waals surface area (Å²) in [5, 5.41) is 1.94. The third kappa shape index (κ3) is 2.24. The van der Waals surface area contributed by atoms with Gasteiger partial charge in [-0.3, -0.25) is 9.20 Å². The number of likely N-dealkylation sites (tertiary alicyclic amines) is 1. The molecule has 0 saturated carbocycles. The van der Waals surface area contributed by atoms with Crippen LogP contribution >= 0.6 is 11.3 Å². The van der Waals surface area contributed by atoms with Gasteiger partial charge in [0.05, 0.1) is 6.10 Å². The van der Waals surface area contributed by atoms with Crippen molar-refractivity contribution < 1.29 is 9.53 Å². The van der Waals surface area contributed by atoms with Crippen LogP contribution in [-0.2, 0) is 4.74 Å². The molecule has 1 amide bonds. The number of nitrogens with zero attached hydrogens (tertiary/aromatic N) is 3. The van der Waals surface area contributed by atoms with Gasteiger partial charge < -0.3 is 15.4 Å². The predicted molar refractivity (Wildman–Crippen MR) is 72.4 cm³/mol. The molecule has 1 aliphatic rings. The zero-order valence-electron chi connectivity index (χ0n) is 10.7. The summed E-state index contributed by atoms with van der Waals surface area (Å²) < 4.78 is 7.18. The minimum Gasteiger partial charge on any atom is -0.378 e. The Morgan fingerprint density at radius 1 is 1.63 bits per heavy atom. The van der Waals surface area contributed by atoms with E-state index >= 15 is 0 Å². The van der Waals surface area contributed by atoms with Crippen LogP contribution in [0.1, 0.15) is 16.9 Å². The van der Waals surface area contributed by atoms with Gasteiger partial charge in [0.25, 0.3) is 5.91 Å². The van der Waals surface area contributed by atoms with Crippen molar-refractivity contribution in [2.45, 2.75) is 18.6 Å². The van der Waals surface area contributed by atoms with Gasteiger partial charge in [0.1, 0.15) is 5.69 Å². The van der Waals surface area contributed by atoms with Crippen molar-refractivity contribution in [3.63, 3.8) is 0 Å². The molecular formula is C12H16N4O2S. The number of methoxy groups -OCH3 is 1. The fourth-order valence-electron chi connectivity index (χ4n) is 2.36. The molecule has 2 aromatic rings. The lowest BCUT2D eigenvalue weighted by atomic mass is 10.0. The molecule has 3 rings (SSSR count). The summed E-state index contributed by atoms with van der Waals surface area (Å²) in [5.41, 5.74) is 6.44. The molecule has 1 saturated heterocycles. The van der Waals surface area contributed by atoms with Crippen LogP contribution in [0.3, 0.4) is 0 Å². The largest absolute Gasteiger partial charge is 0.378 e. The standard InChI is InChI=1S/C12H16N4O2S/c1-18-10-7-15(3-2-8(10)13)11(17)9-6-16-4-5-19-12(16)14-9/h4-6,8,10H,2-3,7,13H2,1H3/t8-,10+/m0/s1. The van der Waals surface area contributed by atoms with E-state index in [1.54, 1.807) is 18.2 Å². The van der Waals surface area contributed by atoms with E-state index in [1.807, 2.05) is 16.0 Å². The number of aromatic nitrogens is 2. The highest BCUT2D eigenvalue weighted by molar-refractivity contribution is 7.15. The molecule has 0 spiro atoms. The van der Waals surface area contributed by atoms with Gasteiger partial charge >= 0.3 is 0 Å². The Kier molecular flexibility index (Phi) is 3.26. The lowest BCUT2D eigenvalue weighted by molar-refractivity contribution is 0.0159. The maximum atomic E-state index is 12.4. The van der Waals surface area contributed by atoms with Crippen LogP contribution in [0.2, 0.25) is 0 Å². The quantitative estimate of drug-likeness (QED) is 0.873. The van der Waals surface area contributed by atoms with Crippen molar-refractivity contribution in [3.8, 4) is 0 Å². The number of fused-ring (bicyclic) bond motifs is 1. The zero-order valence-corrected chi connectivity index (χ0v) is 11.5. The van der Waals surface area contributed by atoms with Crippen LogP contribution in [0, 0.1) is 0 Å². The number of hydrogen-bond acceptors (Lipinski definition) is 5. The Hall–Kier alpha value is -1.44. The third-order valence-corrected chi connectivity index (χ3v) is 4.28. The lowest BCUT2D eigenvalue weighted by Gasteiger charge is -2.35. The first-order valence-electron chi connectivity index (χ1n) is 6.19. The van der Waals surface area contributed by atoms with Crippen LogP contribution in [0.4, 0.5) is 0 Å². The number of amides is 1. The average molecular weight is 280 g/mol. The summed E-state index contributed by atoms with van der Waals surface area (Å²) in [7, 11) is 1.63. The third-order valence-electron chi connectivity index (χ3n) is 3.51. The van der Waals surface area contributed by atoms with Crippen LogP contribution in [0.25, 0.3) is 4.96 Å². The number of carbonyl (C=O) groups excluding carboxylic acids is 1. The average Bonchev–Trinajstić information content (AvgIpc) is 2.99. The van der Waals surface area contributed by atoms with Crippen LogP contribution in [0.15, 0.2) is 17.8 Å². The fraction of sp³-hybridized carbons (Fsp3) is 0.500. The van der Waals surface area contributed by atoms with E-state index in [0.29, 0.717) is 18.8 Å².